The number of hydrogen-bond acceptors (Lipinski definition) is 6. The van der Waals surface area contributed by atoms with E-state index in [4.69, 9.17) is 23.2 Å². The van der Waals surface area contributed by atoms with E-state index >= 15 is 0 Å². The Hall–Kier alpha value is -4.64. The van der Waals surface area contributed by atoms with Crippen molar-refractivity contribution in [2.24, 2.45) is 0 Å². The van der Waals surface area contributed by atoms with Gasteiger partial charge in [0.15, 0.2) is 0 Å². The van der Waals surface area contributed by atoms with E-state index in [0.717, 1.165) is 4.90 Å². The van der Waals surface area contributed by atoms with Gasteiger partial charge in [-0.15, -0.1) is 11.8 Å². The summed E-state index contributed by atoms with van der Waals surface area (Å²) in [5, 5.41) is 19.7. The number of hydrogen-bond donors (Lipinski definition) is 3. The second-order valence-corrected chi connectivity index (χ2v) is 11.2. The quantitative estimate of drug-likeness (QED) is 0.0719. The van der Waals surface area contributed by atoms with E-state index in [9.17, 15) is 24.5 Å². The molecule has 0 bridgehead atoms. The minimum absolute atomic E-state index is 0.143. The molecule has 0 aliphatic heterocycles. The van der Waals surface area contributed by atoms with Crippen LogP contribution in [0.1, 0.15) is 22.8 Å². The van der Waals surface area contributed by atoms with Gasteiger partial charge in [-0.1, -0.05) is 59.6 Å². The van der Waals surface area contributed by atoms with Crippen molar-refractivity contribution in [2.75, 3.05) is 10.6 Å². The van der Waals surface area contributed by atoms with Gasteiger partial charge in [-0.25, -0.2) is 0 Å². The zero-order valence-electron chi connectivity index (χ0n) is 22.5. The highest BCUT2D eigenvalue weighted by Gasteiger charge is 2.19. The molecule has 12 heteroatoms. The van der Waals surface area contributed by atoms with Gasteiger partial charge in [0.05, 0.1) is 31.5 Å². The molecule has 1 atom stereocenters. The molecule has 4 rings (SSSR count). The molecule has 0 heterocycles. The maximum atomic E-state index is 13.3. The van der Waals surface area contributed by atoms with Crippen LogP contribution < -0.4 is 16.0 Å². The van der Waals surface area contributed by atoms with E-state index in [-0.39, 0.29) is 27.9 Å². The molecule has 0 spiro atoms. The van der Waals surface area contributed by atoms with Gasteiger partial charge < -0.3 is 16.0 Å². The van der Waals surface area contributed by atoms with Gasteiger partial charge in [-0.05, 0) is 67.6 Å². The van der Waals surface area contributed by atoms with Crippen molar-refractivity contribution in [3.05, 3.63) is 134 Å². The van der Waals surface area contributed by atoms with Crippen molar-refractivity contribution in [3.8, 4) is 0 Å². The van der Waals surface area contributed by atoms with E-state index in [0.29, 0.717) is 22.0 Å². The fourth-order valence-electron chi connectivity index (χ4n) is 3.78. The zero-order chi connectivity index (χ0) is 30.9. The van der Waals surface area contributed by atoms with Gasteiger partial charge in [0.2, 0.25) is 5.91 Å². The fourth-order valence-corrected chi connectivity index (χ4v) is 5.00. The molecule has 4 aromatic rings. The Balaban J connectivity index is 1.48. The van der Waals surface area contributed by atoms with Crippen molar-refractivity contribution in [1.82, 2.24) is 5.32 Å². The number of nitrogens with zero attached hydrogens (tertiary/aromatic N) is 1. The van der Waals surface area contributed by atoms with Crippen LogP contribution in [0.3, 0.4) is 0 Å². The van der Waals surface area contributed by atoms with Crippen molar-refractivity contribution < 1.29 is 19.3 Å². The summed E-state index contributed by atoms with van der Waals surface area (Å²) in [6.07, 6.45) is 1.25. The Bertz CT molecular complexity index is 1700. The number of carbonyl (C=O) groups excluding carboxylic acids is 3. The molecule has 0 saturated carbocycles. The molecule has 0 radical (unpaired) electrons. The number of anilines is 2. The molecule has 0 aliphatic carbocycles. The Morgan fingerprint density at radius 1 is 0.860 bits per heavy atom. The number of halogens is 2. The minimum atomic E-state index is -0.686. The van der Waals surface area contributed by atoms with Crippen LogP contribution >= 0.6 is 35.0 Å². The lowest BCUT2D eigenvalue weighted by Crippen LogP contribution is -2.30. The monoisotopic (exact) mass is 634 g/mol. The summed E-state index contributed by atoms with van der Waals surface area (Å²) in [5.41, 5.74) is 0.851. The van der Waals surface area contributed by atoms with E-state index in [1.54, 1.807) is 85.8 Å². The summed E-state index contributed by atoms with van der Waals surface area (Å²) in [5.74, 6) is -1.52. The topological polar surface area (TPSA) is 130 Å². The van der Waals surface area contributed by atoms with Crippen LogP contribution in [0.25, 0.3) is 6.08 Å². The van der Waals surface area contributed by atoms with Gasteiger partial charge in [0.25, 0.3) is 17.5 Å². The second-order valence-electron chi connectivity index (χ2n) is 9.02. The summed E-state index contributed by atoms with van der Waals surface area (Å²) in [4.78, 5) is 50.6. The van der Waals surface area contributed by atoms with Crippen molar-refractivity contribution in [1.29, 1.82) is 0 Å². The van der Waals surface area contributed by atoms with Crippen molar-refractivity contribution >= 4 is 75.8 Å². The number of carbonyl (C=O) groups is 3. The van der Waals surface area contributed by atoms with E-state index in [2.05, 4.69) is 16.0 Å². The highest BCUT2D eigenvalue weighted by molar-refractivity contribution is 8.00. The van der Waals surface area contributed by atoms with Crippen LogP contribution in [0.2, 0.25) is 10.0 Å². The van der Waals surface area contributed by atoms with Crippen LogP contribution in [0.4, 0.5) is 17.1 Å². The standard InChI is InChI=1S/C31H24Cl2N4O5S/c1-19(29(38)35-25-12-7-11-24(32)28(25)33)43-23-16-14-22(15-17-23)34-31(40)26(36-30(39)20-8-3-2-4-9-20)18-21-10-5-6-13-27(21)37(41)42/h2-19H,1H3,(H,34,40)(H,35,38)(H,36,39)/b26-18-. The first-order valence-corrected chi connectivity index (χ1v) is 14.4. The molecule has 43 heavy (non-hydrogen) atoms. The molecule has 3 amide bonds. The van der Waals surface area contributed by atoms with Crippen LogP contribution in [0.15, 0.2) is 108 Å². The van der Waals surface area contributed by atoms with E-state index < -0.39 is 22.0 Å². The van der Waals surface area contributed by atoms with Gasteiger partial charge in [-0.2, -0.15) is 0 Å². The third-order valence-electron chi connectivity index (χ3n) is 5.97. The molecule has 0 aromatic heterocycles. The molecular formula is C31H24Cl2N4O5S. The van der Waals surface area contributed by atoms with Gasteiger partial charge in [-0.3, -0.25) is 24.5 Å². The van der Waals surface area contributed by atoms with Gasteiger partial charge in [0, 0.05) is 22.2 Å². The molecule has 9 nitrogen and oxygen atoms in total. The number of para-hydroxylation sites is 1. The van der Waals surface area contributed by atoms with E-state index in [1.807, 2.05) is 0 Å². The summed E-state index contributed by atoms with van der Waals surface area (Å²) in [6, 6.07) is 25.8. The van der Waals surface area contributed by atoms with E-state index in [1.165, 1.54) is 36.0 Å². The van der Waals surface area contributed by atoms with Crippen LogP contribution in [-0.4, -0.2) is 27.9 Å². The predicted molar refractivity (Wildman–Crippen MR) is 170 cm³/mol. The maximum Gasteiger partial charge on any atom is 0.276 e. The fraction of sp³-hybridized carbons (Fsp3) is 0.0645. The molecule has 0 aliphatic rings. The van der Waals surface area contributed by atoms with Crippen LogP contribution in [-0.2, 0) is 9.59 Å². The number of benzene rings is 4. The average molecular weight is 636 g/mol. The first kappa shape index (κ1) is 31.3. The van der Waals surface area contributed by atoms with Crippen LogP contribution in [0.5, 0.6) is 0 Å². The first-order chi connectivity index (χ1) is 20.6. The summed E-state index contributed by atoms with van der Waals surface area (Å²) < 4.78 is 0. The molecule has 0 fully saturated rings. The number of rotatable bonds is 10. The lowest BCUT2D eigenvalue weighted by atomic mass is 10.1. The SMILES string of the molecule is CC(Sc1ccc(NC(=O)/C(=C/c2ccccc2[N+](=O)[O-])NC(=O)c2ccccc2)cc1)C(=O)Nc1cccc(Cl)c1Cl. The third kappa shape index (κ3) is 8.45. The normalized spacial score (nSPS) is 11.7. The third-order valence-corrected chi connectivity index (χ3v) is 7.90. The molecule has 0 saturated heterocycles. The number of amides is 3. The Kier molecular flexibility index (Phi) is 10.6. The van der Waals surface area contributed by atoms with Crippen molar-refractivity contribution in [2.45, 2.75) is 17.1 Å². The largest absolute Gasteiger partial charge is 0.324 e. The highest BCUT2D eigenvalue weighted by Crippen LogP contribution is 2.31. The first-order valence-electron chi connectivity index (χ1n) is 12.8. The number of thioether (sulfide) groups is 1. The average Bonchev–Trinajstić information content (AvgIpc) is 3.00. The number of nitrogens with one attached hydrogen (secondary N) is 3. The minimum Gasteiger partial charge on any atom is -0.324 e. The van der Waals surface area contributed by atoms with Crippen LogP contribution in [0, 0.1) is 10.1 Å². The Morgan fingerprint density at radius 2 is 1.53 bits per heavy atom. The molecular weight excluding hydrogens is 611 g/mol. The number of nitro benzene ring substituents is 1. The zero-order valence-corrected chi connectivity index (χ0v) is 24.9. The molecule has 4 aromatic carbocycles. The Morgan fingerprint density at radius 3 is 2.23 bits per heavy atom. The Labute approximate surface area is 261 Å². The summed E-state index contributed by atoms with van der Waals surface area (Å²) >= 11 is 13.5. The summed E-state index contributed by atoms with van der Waals surface area (Å²) in [6.45, 7) is 1.74. The van der Waals surface area contributed by atoms with Crippen molar-refractivity contribution in [3.63, 3.8) is 0 Å². The lowest BCUT2D eigenvalue weighted by Gasteiger charge is -2.14. The summed E-state index contributed by atoms with van der Waals surface area (Å²) in [7, 11) is 0. The lowest BCUT2D eigenvalue weighted by molar-refractivity contribution is -0.385. The smallest absolute Gasteiger partial charge is 0.276 e. The molecule has 1 unspecified atom stereocenters. The molecule has 218 valence electrons. The molecule has 3 N–H and O–H groups in total. The predicted octanol–water partition coefficient (Wildman–Crippen LogP) is 7.43. The van der Waals surface area contributed by atoms with Gasteiger partial charge in [0.1, 0.15) is 5.70 Å². The second kappa shape index (κ2) is 14.5. The maximum absolute atomic E-state index is 13.3. The van der Waals surface area contributed by atoms with Gasteiger partial charge >= 0.3 is 0 Å². The highest BCUT2D eigenvalue weighted by atomic mass is 35.5. The number of nitro groups is 1.